The van der Waals surface area contributed by atoms with Crippen molar-refractivity contribution in [3.05, 3.63) is 74.7 Å². The fourth-order valence-electron chi connectivity index (χ4n) is 2.00. The van der Waals surface area contributed by atoms with Gasteiger partial charge in [0, 0.05) is 31.0 Å². The lowest BCUT2D eigenvalue weighted by atomic mass is 10.1. The number of para-hydroxylation sites is 1. The number of hydrogen-bond donors (Lipinski definition) is 1. The first-order valence-electron chi connectivity index (χ1n) is 6.94. The van der Waals surface area contributed by atoms with Crippen LogP contribution in [0.4, 0.5) is 11.4 Å². The second-order valence-corrected chi connectivity index (χ2v) is 4.68. The molecule has 0 unspecified atom stereocenters. The van der Waals surface area contributed by atoms with Crippen LogP contribution in [0, 0.1) is 10.1 Å². The average molecular weight is 313 g/mol. The fraction of sp³-hybridized carbons (Fsp3) is 0.125. The Labute approximate surface area is 132 Å². The number of nitro groups is 1. The Hall–Kier alpha value is -3.22. The van der Waals surface area contributed by atoms with Crippen LogP contribution >= 0.6 is 0 Å². The van der Waals surface area contributed by atoms with Crippen LogP contribution in [0.25, 0.3) is 6.08 Å². The molecule has 0 saturated carbocycles. The normalized spacial score (nSPS) is 10.7. The highest BCUT2D eigenvalue weighted by molar-refractivity contribution is 6.02. The van der Waals surface area contributed by atoms with Crippen LogP contribution in [0.1, 0.15) is 12.5 Å². The summed E-state index contributed by atoms with van der Waals surface area (Å²) in [7, 11) is 0. The van der Waals surface area contributed by atoms with Gasteiger partial charge in [-0.2, -0.15) is 0 Å². The van der Waals surface area contributed by atoms with E-state index in [1.54, 1.807) is 24.4 Å². The Morgan fingerprint density at radius 1 is 1.30 bits per heavy atom. The smallest absolute Gasteiger partial charge is 0.276 e. The maximum absolute atomic E-state index is 11.9. The third-order valence-electron chi connectivity index (χ3n) is 3.14. The molecule has 7 nitrogen and oxygen atoms in total. The quantitative estimate of drug-likeness (QED) is 0.521. The van der Waals surface area contributed by atoms with Crippen LogP contribution in [-0.4, -0.2) is 15.4 Å². The van der Waals surface area contributed by atoms with Crippen molar-refractivity contribution in [1.29, 1.82) is 0 Å². The van der Waals surface area contributed by atoms with Crippen LogP contribution in [0.5, 0.6) is 0 Å². The third kappa shape index (κ3) is 4.13. The number of anilines is 1. The number of carbonyl (C=O) groups is 1. The zero-order valence-corrected chi connectivity index (χ0v) is 12.4. The third-order valence-corrected chi connectivity index (χ3v) is 3.14. The highest BCUT2D eigenvalue weighted by atomic mass is 16.6. The molecule has 7 heteroatoms. The summed E-state index contributed by atoms with van der Waals surface area (Å²) in [6, 6.07) is 9.01. The number of nitrogens with zero attached hydrogens (tertiary/aromatic N) is 2. The Balaban J connectivity index is 2.14. The molecule has 0 saturated heterocycles. The predicted octanol–water partition coefficient (Wildman–Crippen LogP) is 2.43. The van der Waals surface area contributed by atoms with E-state index in [0.717, 1.165) is 0 Å². The first kappa shape index (κ1) is 16.2. The largest absolute Gasteiger partial charge is 0.321 e. The molecule has 1 heterocycles. The Bertz CT molecular complexity index is 824. The van der Waals surface area contributed by atoms with E-state index < -0.39 is 10.8 Å². The summed E-state index contributed by atoms with van der Waals surface area (Å²) < 4.78 is 1.46. The monoisotopic (exact) mass is 313 g/mol. The van der Waals surface area contributed by atoms with Crippen molar-refractivity contribution in [2.24, 2.45) is 0 Å². The highest BCUT2D eigenvalue weighted by Gasteiger charge is 2.09. The summed E-state index contributed by atoms with van der Waals surface area (Å²) in [4.78, 5) is 33.8. The lowest BCUT2D eigenvalue weighted by Gasteiger charge is -2.06. The Morgan fingerprint density at radius 3 is 2.74 bits per heavy atom. The molecule has 23 heavy (non-hydrogen) atoms. The lowest BCUT2D eigenvalue weighted by molar-refractivity contribution is -0.385. The molecule has 2 rings (SSSR count). The van der Waals surface area contributed by atoms with E-state index in [4.69, 9.17) is 0 Å². The summed E-state index contributed by atoms with van der Waals surface area (Å²) in [5, 5.41) is 13.5. The molecular weight excluding hydrogens is 298 g/mol. The molecule has 0 spiro atoms. The number of benzene rings is 1. The van der Waals surface area contributed by atoms with E-state index in [-0.39, 0.29) is 11.2 Å². The number of nitrogens with one attached hydrogen (secondary N) is 1. The second-order valence-electron chi connectivity index (χ2n) is 4.68. The topological polar surface area (TPSA) is 94.2 Å². The minimum absolute atomic E-state index is 0.0731. The number of rotatable bonds is 5. The second kappa shape index (κ2) is 7.17. The molecule has 0 aliphatic heterocycles. The average Bonchev–Trinajstić information content (AvgIpc) is 2.55. The molecule has 1 aromatic heterocycles. The summed E-state index contributed by atoms with van der Waals surface area (Å²) >= 11 is 0. The molecule has 0 radical (unpaired) electrons. The van der Waals surface area contributed by atoms with E-state index in [1.807, 2.05) is 6.92 Å². The van der Waals surface area contributed by atoms with Crippen molar-refractivity contribution in [3.63, 3.8) is 0 Å². The number of carbonyl (C=O) groups excluding carboxylic acids is 1. The zero-order chi connectivity index (χ0) is 16.8. The zero-order valence-electron chi connectivity index (χ0n) is 12.4. The van der Waals surface area contributed by atoms with Gasteiger partial charge in [0.2, 0.25) is 5.91 Å². The number of nitro benzene ring substituents is 1. The molecular formula is C16H15N3O4. The molecule has 1 N–H and O–H groups in total. The maximum atomic E-state index is 11.9. The molecule has 118 valence electrons. The molecule has 0 aliphatic carbocycles. The molecule has 2 aromatic rings. The SMILES string of the molecule is CCn1cc(NC(=O)C=Cc2ccccc2[N+](=O)[O-])ccc1=O. The number of hydrogen-bond acceptors (Lipinski definition) is 4. The van der Waals surface area contributed by atoms with Crippen LogP contribution in [0.3, 0.4) is 0 Å². The standard InChI is InChI=1S/C16H15N3O4/c1-2-18-11-13(8-10-16(18)21)17-15(20)9-7-12-5-3-4-6-14(12)19(22)23/h3-11H,2H2,1H3,(H,17,20). The van der Waals surface area contributed by atoms with Gasteiger partial charge >= 0.3 is 0 Å². The Kier molecular flexibility index (Phi) is 5.03. The highest BCUT2D eigenvalue weighted by Crippen LogP contribution is 2.18. The fourth-order valence-corrected chi connectivity index (χ4v) is 2.00. The van der Waals surface area contributed by atoms with Crippen LogP contribution in [0.15, 0.2) is 53.5 Å². The van der Waals surface area contributed by atoms with Crippen molar-refractivity contribution in [2.75, 3.05) is 5.32 Å². The first-order valence-corrected chi connectivity index (χ1v) is 6.94. The molecule has 0 aliphatic rings. The minimum atomic E-state index is -0.505. The molecule has 1 aromatic carbocycles. The van der Waals surface area contributed by atoms with Crippen molar-refractivity contribution >= 4 is 23.4 Å². The number of aryl methyl sites for hydroxylation is 1. The van der Waals surface area contributed by atoms with Gasteiger partial charge in [0.05, 0.1) is 16.2 Å². The van der Waals surface area contributed by atoms with Crippen LogP contribution in [0.2, 0.25) is 0 Å². The van der Waals surface area contributed by atoms with Crippen LogP contribution in [-0.2, 0) is 11.3 Å². The predicted molar refractivity (Wildman–Crippen MR) is 87.1 cm³/mol. The van der Waals surface area contributed by atoms with Crippen molar-refractivity contribution in [3.8, 4) is 0 Å². The molecule has 0 fully saturated rings. The number of pyridine rings is 1. The van der Waals surface area contributed by atoms with Gasteiger partial charge in [-0.1, -0.05) is 12.1 Å². The van der Waals surface area contributed by atoms with Gasteiger partial charge in [-0.3, -0.25) is 19.7 Å². The summed E-state index contributed by atoms with van der Waals surface area (Å²) in [6.07, 6.45) is 4.13. The lowest BCUT2D eigenvalue weighted by Crippen LogP contribution is -2.19. The van der Waals surface area contributed by atoms with Crippen LogP contribution < -0.4 is 10.9 Å². The summed E-state index contributed by atoms with van der Waals surface area (Å²) in [5.74, 6) is -0.440. The van der Waals surface area contributed by atoms with Crippen molar-refractivity contribution in [1.82, 2.24) is 4.57 Å². The van der Waals surface area contributed by atoms with Gasteiger partial charge < -0.3 is 9.88 Å². The van der Waals surface area contributed by atoms with Gasteiger partial charge in [0.15, 0.2) is 0 Å². The van der Waals surface area contributed by atoms with E-state index in [0.29, 0.717) is 17.8 Å². The van der Waals surface area contributed by atoms with E-state index in [2.05, 4.69) is 5.32 Å². The van der Waals surface area contributed by atoms with Gasteiger partial charge in [0.25, 0.3) is 11.2 Å². The molecule has 1 amide bonds. The minimum Gasteiger partial charge on any atom is -0.321 e. The van der Waals surface area contributed by atoms with E-state index in [9.17, 15) is 19.7 Å². The van der Waals surface area contributed by atoms with Gasteiger partial charge in [-0.25, -0.2) is 0 Å². The van der Waals surface area contributed by atoms with E-state index >= 15 is 0 Å². The number of aromatic nitrogens is 1. The van der Waals surface area contributed by atoms with E-state index in [1.165, 1.54) is 34.9 Å². The van der Waals surface area contributed by atoms with Gasteiger partial charge in [0.1, 0.15) is 0 Å². The summed E-state index contributed by atoms with van der Waals surface area (Å²) in [5.41, 5.74) is 0.590. The number of amides is 1. The molecule has 0 bridgehead atoms. The first-order chi connectivity index (χ1) is 11.0. The summed E-state index contributed by atoms with van der Waals surface area (Å²) in [6.45, 7) is 2.32. The molecule has 0 atom stereocenters. The van der Waals surface area contributed by atoms with Gasteiger partial charge in [-0.15, -0.1) is 0 Å². The van der Waals surface area contributed by atoms with Gasteiger partial charge in [-0.05, 0) is 25.1 Å². The maximum Gasteiger partial charge on any atom is 0.276 e. The van der Waals surface area contributed by atoms with Crippen molar-refractivity contribution in [2.45, 2.75) is 13.5 Å². The van der Waals surface area contributed by atoms with Crippen molar-refractivity contribution < 1.29 is 9.72 Å². The Morgan fingerprint density at radius 2 is 2.04 bits per heavy atom.